The van der Waals surface area contributed by atoms with Crippen LogP contribution in [-0.4, -0.2) is 36.7 Å². The van der Waals surface area contributed by atoms with Crippen LogP contribution in [-0.2, 0) is 4.74 Å². The number of nitrogens with two attached hydrogens (primary N) is 1. The van der Waals surface area contributed by atoms with Gasteiger partial charge in [0.05, 0.1) is 6.10 Å². The van der Waals surface area contributed by atoms with E-state index in [-0.39, 0.29) is 17.8 Å². The van der Waals surface area contributed by atoms with E-state index >= 15 is 0 Å². The summed E-state index contributed by atoms with van der Waals surface area (Å²) in [5.74, 6) is 0.566. The molecule has 0 aliphatic carbocycles. The second kappa shape index (κ2) is 8.06. The highest BCUT2D eigenvalue weighted by atomic mass is 32.1. The summed E-state index contributed by atoms with van der Waals surface area (Å²) in [6.45, 7) is 9.93. The number of rotatable bonds is 8. The number of anilines is 2. The Balaban J connectivity index is 2.55. The lowest BCUT2D eigenvalue weighted by Gasteiger charge is -2.11. The minimum absolute atomic E-state index is 0.0170. The molecule has 0 fully saturated rings. The number of aromatic nitrogens is 1. The number of hydrogen-bond acceptors (Lipinski definition) is 6. The van der Waals surface area contributed by atoms with Gasteiger partial charge in [0.15, 0.2) is 5.13 Å². The molecule has 0 aromatic carbocycles. The topological polar surface area (TPSA) is 89.3 Å². The highest BCUT2D eigenvalue weighted by Crippen LogP contribution is 2.24. The first-order valence-electron chi connectivity index (χ1n) is 6.84. The maximum Gasteiger partial charge on any atom is 0.265 e. The average Bonchev–Trinajstić information content (AvgIpc) is 2.75. The van der Waals surface area contributed by atoms with Crippen molar-refractivity contribution in [2.45, 2.75) is 33.8 Å². The summed E-state index contributed by atoms with van der Waals surface area (Å²) >= 11 is 1.27. The molecule has 0 aliphatic heterocycles. The van der Waals surface area contributed by atoms with Crippen LogP contribution in [0, 0.1) is 5.92 Å². The Hall–Kier alpha value is -1.34. The zero-order valence-electron chi connectivity index (χ0n) is 12.5. The maximum absolute atomic E-state index is 12.0. The van der Waals surface area contributed by atoms with Crippen LogP contribution in [0.25, 0.3) is 0 Å². The fourth-order valence-electron chi connectivity index (χ4n) is 1.52. The number of nitrogen functional groups attached to an aromatic ring is 1. The number of thiazole rings is 1. The lowest BCUT2D eigenvalue weighted by Crippen LogP contribution is -2.32. The maximum atomic E-state index is 12.0. The Bertz CT molecular complexity index is 434. The molecule has 114 valence electrons. The molecule has 0 radical (unpaired) electrons. The number of amides is 1. The average molecular weight is 300 g/mol. The molecule has 1 amide bonds. The van der Waals surface area contributed by atoms with Crippen molar-refractivity contribution in [1.82, 2.24) is 10.3 Å². The molecule has 1 heterocycles. The Labute approximate surface area is 124 Å². The molecular formula is C13H24N4O2S. The van der Waals surface area contributed by atoms with Crippen LogP contribution < -0.4 is 16.4 Å². The van der Waals surface area contributed by atoms with Gasteiger partial charge in [-0.2, -0.15) is 0 Å². The number of hydrogen-bond donors (Lipinski definition) is 3. The molecule has 6 nitrogen and oxygen atoms in total. The first kappa shape index (κ1) is 16.7. The van der Waals surface area contributed by atoms with Gasteiger partial charge in [-0.15, -0.1) is 0 Å². The van der Waals surface area contributed by atoms with Crippen molar-refractivity contribution in [1.29, 1.82) is 0 Å². The number of nitrogens with zero attached hydrogens (tertiary/aromatic N) is 1. The first-order valence-corrected chi connectivity index (χ1v) is 7.65. The van der Waals surface area contributed by atoms with Crippen molar-refractivity contribution in [2.75, 3.05) is 30.7 Å². The third-order valence-electron chi connectivity index (χ3n) is 2.52. The van der Waals surface area contributed by atoms with Gasteiger partial charge in [0.2, 0.25) is 0 Å². The molecule has 1 rings (SSSR count). The number of carbonyl (C=O) groups excluding carboxylic acids is 1. The van der Waals surface area contributed by atoms with Gasteiger partial charge in [-0.1, -0.05) is 25.2 Å². The van der Waals surface area contributed by atoms with Crippen LogP contribution in [0.5, 0.6) is 0 Å². The second-order valence-corrected chi connectivity index (χ2v) is 5.98. The van der Waals surface area contributed by atoms with Crippen LogP contribution >= 0.6 is 11.3 Å². The predicted octanol–water partition coefficient (Wildman–Crippen LogP) is 1.95. The zero-order chi connectivity index (χ0) is 15.1. The largest absolute Gasteiger partial charge is 0.382 e. The van der Waals surface area contributed by atoms with Gasteiger partial charge >= 0.3 is 0 Å². The summed E-state index contributed by atoms with van der Waals surface area (Å²) in [7, 11) is 0. The van der Waals surface area contributed by atoms with Crippen molar-refractivity contribution in [3.8, 4) is 0 Å². The molecule has 0 saturated carbocycles. The summed E-state index contributed by atoms with van der Waals surface area (Å²) in [5, 5.41) is 6.65. The lowest BCUT2D eigenvalue weighted by atomic mass is 10.2. The van der Waals surface area contributed by atoms with E-state index < -0.39 is 0 Å². The molecule has 0 aliphatic rings. The molecule has 0 saturated heterocycles. The van der Waals surface area contributed by atoms with Gasteiger partial charge in [-0.05, 0) is 19.8 Å². The summed E-state index contributed by atoms with van der Waals surface area (Å²) in [4.78, 5) is 16.6. The quantitative estimate of drug-likeness (QED) is 0.683. The van der Waals surface area contributed by atoms with Crippen molar-refractivity contribution in [2.24, 2.45) is 5.92 Å². The molecule has 4 N–H and O–H groups in total. The smallest absolute Gasteiger partial charge is 0.265 e. The second-order valence-electron chi connectivity index (χ2n) is 4.98. The molecule has 20 heavy (non-hydrogen) atoms. The van der Waals surface area contributed by atoms with Crippen molar-refractivity contribution < 1.29 is 9.53 Å². The molecule has 1 aromatic rings. The van der Waals surface area contributed by atoms with Crippen LogP contribution in [0.15, 0.2) is 0 Å². The fourth-order valence-corrected chi connectivity index (χ4v) is 2.33. The molecular weight excluding hydrogens is 276 g/mol. The monoisotopic (exact) mass is 300 g/mol. The van der Waals surface area contributed by atoms with Crippen LogP contribution in [0.3, 0.4) is 0 Å². The van der Waals surface area contributed by atoms with Gasteiger partial charge in [-0.25, -0.2) is 4.98 Å². The molecule has 0 bridgehead atoms. The van der Waals surface area contributed by atoms with Crippen molar-refractivity contribution in [3.63, 3.8) is 0 Å². The SMILES string of the molecule is CCOC(C)CNC(=O)c1sc(NCC(C)C)nc1N. The number of nitrogens with one attached hydrogen (secondary N) is 2. The van der Waals surface area contributed by atoms with Crippen LogP contribution in [0.4, 0.5) is 10.9 Å². The van der Waals surface area contributed by atoms with E-state index in [2.05, 4.69) is 29.5 Å². The normalized spacial score (nSPS) is 12.4. The van der Waals surface area contributed by atoms with Crippen molar-refractivity contribution in [3.05, 3.63) is 4.88 Å². The molecule has 7 heteroatoms. The van der Waals surface area contributed by atoms with Gasteiger partial charge in [0, 0.05) is 19.7 Å². The van der Waals surface area contributed by atoms with Gasteiger partial charge < -0.3 is 21.1 Å². The third kappa shape index (κ3) is 5.34. The molecule has 1 aromatic heterocycles. The Morgan fingerprint density at radius 2 is 2.10 bits per heavy atom. The number of carbonyl (C=O) groups is 1. The van der Waals surface area contributed by atoms with E-state index in [0.717, 1.165) is 6.54 Å². The summed E-state index contributed by atoms with van der Waals surface area (Å²) < 4.78 is 5.36. The first-order chi connectivity index (χ1) is 9.43. The standard InChI is InChI=1S/C13H24N4O2S/c1-5-19-9(4)7-15-12(18)10-11(14)17-13(20-10)16-6-8(2)3/h8-9H,5-7,14H2,1-4H3,(H,15,18)(H,16,17). The van der Waals surface area contributed by atoms with Crippen molar-refractivity contribution >= 4 is 28.2 Å². The van der Waals surface area contributed by atoms with Crippen LogP contribution in [0.1, 0.15) is 37.4 Å². The summed E-state index contributed by atoms with van der Waals surface area (Å²) in [6, 6.07) is 0. The van der Waals surface area contributed by atoms with E-state index in [9.17, 15) is 4.79 Å². The van der Waals surface area contributed by atoms with E-state index in [1.807, 2.05) is 13.8 Å². The lowest BCUT2D eigenvalue weighted by molar-refractivity contribution is 0.0697. The Kier molecular flexibility index (Phi) is 6.74. The Morgan fingerprint density at radius 1 is 1.40 bits per heavy atom. The van der Waals surface area contributed by atoms with Gasteiger partial charge in [0.1, 0.15) is 10.7 Å². The van der Waals surface area contributed by atoms with Gasteiger partial charge in [0.25, 0.3) is 5.91 Å². The van der Waals surface area contributed by atoms with E-state index in [1.165, 1.54) is 11.3 Å². The minimum atomic E-state index is -0.204. The number of ether oxygens (including phenoxy) is 1. The molecule has 0 spiro atoms. The van der Waals surface area contributed by atoms with E-state index in [1.54, 1.807) is 0 Å². The zero-order valence-corrected chi connectivity index (χ0v) is 13.3. The summed E-state index contributed by atoms with van der Waals surface area (Å²) in [6.07, 6.45) is -0.0170. The Morgan fingerprint density at radius 3 is 2.70 bits per heavy atom. The molecule has 1 unspecified atom stereocenters. The van der Waals surface area contributed by atoms with Gasteiger partial charge in [-0.3, -0.25) is 4.79 Å². The fraction of sp³-hybridized carbons (Fsp3) is 0.692. The minimum Gasteiger partial charge on any atom is -0.382 e. The highest BCUT2D eigenvalue weighted by molar-refractivity contribution is 7.18. The van der Waals surface area contributed by atoms with E-state index in [0.29, 0.717) is 29.1 Å². The predicted molar refractivity (Wildman–Crippen MR) is 83.3 cm³/mol. The van der Waals surface area contributed by atoms with Crippen LogP contribution in [0.2, 0.25) is 0 Å². The summed E-state index contributed by atoms with van der Waals surface area (Å²) in [5.41, 5.74) is 5.78. The highest BCUT2D eigenvalue weighted by Gasteiger charge is 2.16. The molecule has 1 atom stereocenters. The van der Waals surface area contributed by atoms with E-state index in [4.69, 9.17) is 10.5 Å². The third-order valence-corrected chi connectivity index (χ3v) is 3.55.